The number of carbonyl (C=O) groups is 1. The summed E-state index contributed by atoms with van der Waals surface area (Å²) < 4.78 is 6.30. The van der Waals surface area contributed by atoms with E-state index in [9.17, 15) is 4.79 Å². The molecule has 7 heteroatoms. The van der Waals surface area contributed by atoms with Gasteiger partial charge in [-0.2, -0.15) is 0 Å². The summed E-state index contributed by atoms with van der Waals surface area (Å²) in [4.78, 5) is 21.8. The number of carbonyl (C=O) groups excluding carboxylic acids is 1. The van der Waals surface area contributed by atoms with E-state index in [-0.39, 0.29) is 11.8 Å². The number of benzene rings is 1. The number of anilines is 1. The van der Waals surface area contributed by atoms with E-state index in [2.05, 4.69) is 20.4 Å². The molecule has 1 N–H and O–H groups in total. The van der Waals surface area contributed by atoms with Crippen LogP contribution in [-0.2, 0) is 0 Å². The number of amides is 1. The second-order valence-electron chi connectivity index (χ2n) is 6.14. The lowest BCUT2D eigenvalue weighted by Crippen LogP contribution is -2.13. The first-order chi connectivity index (χ1) is 12.0. The lowest BCUT2D eigenvalue weighted by molar-refractivity contribution is 0.102. The molecule has 3 heterocycles. The van der Waals surface area contributed by atoms with Gasteiger partial charge in [0, 0.05) is 5.69 Å². The van der Waals surface area contributed by atoms with E-state index in [4.69, 9.17) is 4.52 Å². The van der Waals surface area contributed by atoms with Gasteiger partial charge in [0.1, 0.15) is 0 Å². The highest BCUT2D eigenvalue weighted by Gasteiger charge is 2.20. The van der Waals surface area contributed by atoms with Crippen LogP contribution in [0.2, 0.25) is 0 Å². The number of hydrogen-bond acceptors (Lipinski definition) is 6. The quantitative estimate of drug-likeness (QED) is 0.586. The van der Waals surface area contributed by atoms with Crippen molar-refractivity contribution in [1.29, 1.82) is 0 Å². The number of para-hydroxylation sites is 1. The Morgan fingerprint density at radius 3 is 2.80 bits per heavy atom. The van der Waals surface area contributed by atoms with Crippen molar-refractivity contribution in [1.82, 2.24) is 15.1 Å². The zero-order valence-corrected chi connectivity index (χ0v) is 14.8. The van der Waals surface area contributed by atoms with Gasteiger partial charge in [-0.1, -0.05) is 42.5 Å². The van der Waals surface area contributed by atoms with Crippen LogP contribution in [0.3, 0.4) is 0 Å². The van der Waals surface area contributed by atoms with Gasteiger partial charge in [0.25, 0.3) is 11.6 Å². The van der Waals surface area contributed by atoms with Gasteiger partial charge in [-0.05, 0) is 31.0 Å². The summed E-state index contributed by atoms with van der Waals surface area (Å²) in [6, 6.07) is 9.59. The number of nitrogens with one attached hydrogen (secondary N) is 1. The molecule has 0 fully saturated rings. The van der Waals surface area contributed by atoms with Gasteiger partial charge < -0.3 is 4.52 Å². The highest BCUT2D eigenvalue weighted by Crippen LogP contribution is 2.28. The van der Waals surface area contributed by atoms with Gasteiger partial charge in [0.2, 0.25) is 0 Å². The van der Waals surface area contributed by atoms with E-state index in [1.165, 1.54) is 11.3 Å². The van der Waals surface area contributed by atoms with Crippen LogP contribution < -0.4 is 5.32 Å². The van der Waals surface area contributed by atoms with Crippen molar-refractivity contribution in [2.24, 2.45) is 0 Å². The topological polar surface area (TPSA) is 80.9 Å². The molecule has 25 heavy (non-hydrogen) atoms. The maximum atomic E-state index is 12.9. The number of thiazole rings is 1. The molecule has 0 aliphatic heterocycles. The molecule has 0 aliphatic rings. The SMILES string of the molecule is Cc1noc2nc(C(C)C)cc(C(=O)Nc3nc4ccccc4s3)c12. The third-order valence-corrected chi connectivity index (χ3v) is 4.94. The summed E-state index contributed by atoms with van der Waals surface area (Å²) in [5, 5.41) is 8.05. The molecule has 0 aliphatic carbocycles. The van der Waals surface area contributed by atoms with Gasteiger partial charge in [0.05, 0.1) is 26.9 Å². The first-order valence-corrected chi connectivity index (χ1v) is 8.78. The highest BCUT2D eigenvalue weighted by molar-refractivity contribution is 7.22. The Kier molecular flexibility index (Phi) is 3.73. The molecule has 0 unspecified atom stereocenters. The van der Waals surface area contributed by atoms with Crippen molar-refractivity contribution >= 4 is 43.7 Å². The zero-order chi connectivity index (χ0) is 17.6. The highest BCUT2D eigenvalue weighted by atomic mass is 32.1. The van der Waals surface area contributed by atoms with Gasteiger partial charge in [-0.15, -0.1) is 0 Å². The van der Waals surface area contributed by atoms with Gasteiger partial charge >= 0.3 is 0 Å². The van der Waals surface area contributed by atoms with Crippen LogP contribution in [0, 0.1) is 6.92 Å². The molecule has 0 atom stereocenters. The first-order valence-electron chi connectivity index (χ1n) is 7.97. The fraction of sp³-hybridized carbons (Fsp3) is 0.222. The van der Waals surface area contributed by atoms with Crippen molar-refractivity contribution in [3.05, 3.63) is 47.3 Å². The minimum atomic E-state index is -0.236. The van der Waals surface area contributed by atoms with E-state index in [0.717, 1.165) is 15.9 Å². The van der Waals surface area contributed by atoms with E-state index in [1.807, 2.05) is 38.1 Å². The minimum Gasteiger partial charge on any atom is -0.336 e. The largest absolute Gasteiger partial charge is 0.336 e. The summed E-state index contributed by atoms with van der Waals surface area (Å²) in [7, 11) is 0. The van der Waals surface area contributed by atoms with Crippen molar-refractivity contribution in [3.63, 3.8) is 0 Å². The molecule has 0 saturated heterocycles. The summed E-state index contributed by atoms with van der Waals surface area (Å²) in [6.07, 6.45) is 0. The van der Waals surface area contributed by atoms with Crippen molar-refractivity contribution in [2.75, 3.05) is 5.32 Å². The molecule has 126 valence electrons. The molecule has 0 spiro atoms. The average molecular weight is 352 g/mol. The summed E-state index contributed by atoms with van der Waals surface area (Å²) in [5.41, 5.74) is 3.20. The fourth-order valence-corrected chi connectivity index (χ4v) is 3.54. The van der Waals surface area contributed by atoms with E-state index in [0.29, 0.717) is 27.5 Å². The second-order valence-corrected chi connectivity index (χ2v) is 7.17. The predicted octanol–water partition coefficient (Wildman–Crippen LogP) is 4.52. The molecule has 0 bridgehead atoms. The zero-order valence-electron chi connectivity index (χ0n) is 14.0. The summed E-state index contributed by atoms with van der Waals surface area (Å²) >= 11 is 1.44. The molecule has 1 aromatic carbocycles. The molecule has 4 rings (SSSR count). The molecular formula is C18H16N4O2S. The number of nitrogens with zero attached hydrogens (tertiary/aromatic N) is 3. The van der Waals surface area contributed by atoms with Crippen molar-refractivity contribution in [2.45, 2.75) is 26.7 Å². The van der Waals surface area contributed by atoms with Gasteiger partial charge in [-0.25, -0.2) is 9.97 Å². The van der Waals surface area contributed by atoms with Crippen LogP contribution in [0.1, 0.15) is 41.5 Å². The Balaban J connectivity index is 1.77. The second kappa shape index (κ2) is 5.93. The summed E-state index contributed by atoms with van der Waals surface area (Å²) in [5.74, 6) is -0.0662. The fourth-order valence-electron chi connectivity index (χ4n) is 2.68. The normalized spacial score (nSPS) is 11.5. The van der Waals surface area contributed by atoms with Gasteiger partial charge in [0.15, 0.2) is 5.13 Å². The Bertz CT molecular complexity index is 1060. The third-order valence-electron chi connectivity index (χ3n) is 3.99. The maximum absolute atomic E-state index is 12.9. The molecule has 1 amide bonds. The van der Waals surface area contributed by atoms with Crippen LogP contribution in [0.25, 0.3) is 21.3 Å². The van der Waals surface area contributed by atoms with Gasteiger partial charge in [-0.3, -0.25) is 10.1 Å². The Labute approximate surface area is 147 Å². The average Bonchev–Trinajstić information content (AvgIpc) is 3.17. The standard InChI is InChI=1S/C18H16N4O2S/c1-9(2)13-8-11(15-10(3)22-24-17(15)19-13)16(23)21-18-20-12-6-4-5-7-14(12)25-18/h4-9H,1-3H3,(H,20,21,23). The molecule has 4 aromatic rings. The number of hydrogen-bond donors (Lipinski definition) is 1. The number of rotatable bonds is 3. The smallest absolute Gasteiger partial charge is 0.259 e. The van der Waals surface area contributed by atoms with Crippen molar-refractivity contribution < 1.29 is 9.32 Å². The molecule has 3 aromatic heterocycles. The first kappa shape index (κ1) is 15.7. The Morgan fingerprint density at radius 1 is 1.24 bits per heavy atom. The molecule has 6 nitrogen and oxygen atoms in total. The Hall–Kier alpha value is -2.80. The van der Waals surface area contributed by atoms with E-state index < -0.39 is 0 Å². The number of aromatic nitrogens is 3. The summed E-state index contributed by atoms with van der Waals surface area (Å²) in [6.45, 7) is 5.84. The maximum Gasteiger partial charge on any atom is 0.259 e. The van der Waals surface area contributed by atoms with E-state index in [1.54, 1.807) is 13.0 Å². The monoisotopic (exact) mass is 352 g/mol. The number of aryl methyl sites for hydroxylation is 1. The number of fused-ring (bicyclic) bond motifs is 2. The minimum absolute atomic E-state index is 0.170. The van der Waals surface area contributed by atoms with Crippen LogP contribution >= 0.6 is 11.3 Å². The van der Waals surface area contributed by atoms with E-state index >= 15 is 0 Å². The van der Waals surface area contributed by atoms with Crippen molar-refractivity contribution in [3.8, 4) is 0 Å². The molecule has 0 radical (unpaired) electrons. The predicted molar refractivity (Wildman–Crippen MR) is 98.2 cm³/mol. The van der Waals surface area contributed by atoms with Crippen LogP contribution in [0.15, 0.2) is 34.9 Å². The lowest BCUT2D eigenvalue weighted by Gasteiger charge is -2.08. The molecular weight excluding hydrogens is 336 g/mol. The Morgan fingerprint density at radius 2 is 2.04 bits per heavy atom. The molecule has 0 saturated carbocycles. The third kappa shape index (κ3) is 2.76. The number of pyridine rings is 1. The van der Waals surface area contributed by atoms with Crippen LogP contribution in [0.4, 0.5) is 5.13 Å². The van der Waals surface area contributed by atoms with Crippen LogP contribution in [0.5, 0.6) is 0 Å². The lowest BCUT2D eigenvalue weighted by atomic mass is 10.0. The van der Waals surface area contributed by atoms with Crippen LogP contribution in [-0.4, -0.2) is 21.0 Å².